The van der Waals surface area contributed by atoms with Gasteiger partial charge in [-0.3, -0.25) is 0 Å². The average Bonchev–Trinajstić information content (AvgIpc) is 2.65. The Kier molecular flexibility index (Phi) is 3.19. The number of ether oxygens (including phenoxy) is 1. The second kappa shape index (κ2) is 4.60. The van der Waals surface area contributed by atoms with Crippen LogP contribution in [0.15, 0.2) is 12.1 Å². The fraction of sp³-hybridized carbons (Fsp3) is 0.500. The number of hydrogen-bond acceptors (Lipinski definition) is 1. The molecule has 1 fully saturated rings. The van der Waals surface area contributed by atoms with E-state index in [-0.39, 0.29) is 5.75 Å². The van der Waals surface area contributed by atoms with Crippen LogP contribution in [0.4, 0.5) is 8.78 Å². The third-order valence-corrected chi connectivity index (χ3v) is 2.73. The highest BCUT2D eigenvalue weighted by atomic mass is 19.1. The smallest absolute Gasteiger partial charge is 0.137 e. The topological polar surface area (TPSA) is 9.23 Å². The van der Waals surface area contributed by atoms with E-state index in [2.05, 4.69) is 6.07 Å². The molecule has 15 heavy (non-hydrogen) atoms. The maximum Gasteiger partial charge on any atom is 0.137 e. The summed E-state index contributed by atoms with van der Waals surface area (Å²) in [4.78, 5) is 0. The zero-order valence-electron chi connectivity index (χ0n) is 8.43. The summed E-state index contributed by atoms with van der Waals surface area (Å²) in [6.07, 6.45) is 4.76. The van der Waals surface area contributed by atoms with Crippen LogP contribution in [0.1, 0.15) is 25.7 Å². The Balaban J connectivity index is 1.92. The van der Waals surface area contributed by atoms with Crippen LogP contribution < -0.4 is 4.74 Å². The molecule has 0 unspecified atom stereocenters. The highest BCUT2D eigenvalue weighted by molar-refractivity contribution is 5.22. The zero-order valence-corrected chi connectivity index (χ0v) is 8.43. The number of hydrogen-bond donors (Lipinski definition) is 0. The normalized spacial score (nSPS) is 16.9. The molecule has 0 spiro atoms. The average molecular weight is 211 g/mol. The highest BCUT2D eigenvalue weighted by Crippen LogP contribution is 2.25. The van der Waals surface area contributed by atoms with Gasteiger partial charge >= 0.3 is 0 Å². The molecule has 1 aliphatic rings. The zero-order chi connectivity index (χ0) is 10.7. The minimum atomic E-state index is -0.712. The predicted molar refractivity (Wildman–Crippen MR) is 52.6 cm³/mol. The molecule has 0 atom stereocenters. The van der Waals surface area contributed by atoms with Crippen molar-refractivity contribution in [1.29, 1.82) is 0 Å². The lowest BCUT2D eigenvalue weighted by atomic mass is 10.1. The molecule has 1 aromatic rings. The van der Waals surface area contributed by atoms with E-state index in [0.29, 0.717) is 12.5 Å². The van der Waals surface area contributed by atoms with Gasteiger partial charge in [0.15, 0.2) is 0 Å². The van der Waals surface area contributed by atoms with Crippen LogP contribution in [0.25, 0.3) is 0 Å². The molecule has 0 aromatic heterocycles. The lowest BCUT2D eigenvalue weighted by Crippen LogP contribution is -2.08. The van der Waals surface area contributed by atoms with Crippen LogP contribution in [0.5, 0.6) is 5.75 Å². The standard InChI is InChI=1S/C12H13F2O/c13-10-5-11(14)7-12(6-10)15-8-9-3-1-2-4-9/h5-6,9H,1-4,8H2. The van der Waals surface area contributed by atoms with Crippen LogP contribution >= 0.6 is 0 Å². The van der Waals surface area contributed by atoms with E-state index in [1.165, 1.54) is 12.8 Å². The minimum absolute atomic E-state index is 0.166. The number of halogens is 2. The molecule has 0 amide bonds. The molecule has 1 aliphatic carbocycles. The maximum absolute atomic E-state index is 12.8. The fourth-order valence-corrected chi connectivity index (χ4v) is 1.94. The van der Waals surface area contributed by atoms with Gasteiger partial charge in [-0.15, -0.1) is 0 Å². The summed E-state index contributed by atoms with van der Waals surface area (Å²) in [5.74, 6) is -0.631. The van der Waals surface area contributed by atoms with Crippen molar-refractivity contribution < 1.29 is 13.5 Å². The van der Waals surface area contributed by atoms with Crippen molar-refractivity contribution in [2.75, 3.05) is 6.61 Å². The Morgan fingerprint density at radius 2 is 2.00 bits per heavy atom. The first-order valence-corrected chi connectivity index (χ1v) is 5.25. The summed E-state index contributed by atoms with van der Waals surface area (Å²) in [5, 5.41) is 0. The highest BCUT2D eigenvalue weighted by Gasteiger charge is 2.15. The molecule has 1 saturated carbocycles. The first-order valence-electron chi connectivity index (χ1n) is 5.25. The van der Waals surface area contributed by atoms with Gasteiger partial charge in [-0.25, -0.2) is 8.78 Å². The molecule has 0 saturated heterocycles. The lowest BCUT2D eigenvalue weighted by Gasteiger charge is -2.10. The van der Waals surface area contributed by atoms with E-state index in [1.54, 1.807) is 0 Å². The van der Waals surface area contributed by atoms with Gasteiger partial charge in [-0.2, -0.15) is 0 Å². The van der Waals surface area contributed by atoms with Crippen LogP contribution in [0.3, 0.4) is 0 Å². The summed E-state index contributed by atoms with van der Waals surface area (Å²) in [6, 6.07) is 4.30. The Morgan fingerprint density at radius 1 is 1.27 bits per heavy atom. The molecule has 3 heteroatoms. The third kappa shape index (κ3) is 2.91. The van der Waals surface area contributed by atoms with Gasteiger partial charge in [0, 0.05) is 12.1 Å². The summed E-state index contributed by atoms with van der Waals surface area (Å²) in [5.41, 5.74) is 0. The van der Waals surface area contributed by atoms with Crippen molar-refractivity contribution in [3.05, 3.63) is 29.8 Å². The van der Waals surface area contributed by atoms with Crippen LogP contribution in [-0.4, -0.2) is 6.61 Å². The van der Waals surface area contributed by atoms with Crippen LogP contribution in [0, 0.1) is 23.6 Å². The third-order valence-electron chi connectivity index (χ3n) is 2.73. The van der Waals surface area contributed by atoms with Crippen molar-refractivity contribution in [3.63, 3.8) is 0 Å². The SMILES string of the molecule is Fc1[c]c(OCC2CCCC2)cc(F)c1. The van der Waals surface area contributed by atoms with E-state index >= 15 is 0 Å². The molecular weight excluding hydrogens is 198 g/mol. The van der Waals surface area contributed by atoms with E-state index in [4.69, 9.17) is 4.74 Å². The van der Waals surface area contributed by atoms with Crippen LogP contribution in [0.2, 0.25) is 0 Å². The molecule has 0 heterocycles. The molecule has 1 nitrogen and oxygen atoms in total. The molecule has 0 N–H and O–H groups in total. The quantitative estimate of drug-likeness (QED) is 0.745. The van der Waals surface area contributed by atoms with Crippen LogP contribution in [-0.2, 0) is 0 Å². The minimum Gasteiger partial charge on any atom is -0.492 e. The fourth-order valence-electron chi connectivity index (χ4n) is 1.94. The van der Waals surface area contributed by atoms with Crippen molar-refractivity contribution >= 4 is 0 Å². The van der Waals surface area contributed by atoms with Gasteiger partial charge in [-0.1, -0.05) is 12.8 Å². The molecular formula is C12H13F2O. The van der Waals surface area contributed by atoms with Crippen molar-refractivity contribution in [3.8, 4) is 5.75 Å². The molecule has 0 bridgehead atoms. The van der Waals surface area contributed by atoms with E-state index in [1.807, 2.05) is 0 Å². The van der Waals surface area contributed by atoms with Gasteiger partial charge in [0.05, 0.1) is 12.7 Å². The second-order valence-corrected chi connectivity index (χ2v) is 3.97. The summed E-state index contributed by atoms with van der Waals surface area (Å²) in [7, 11) is 0. The van der Waals surface area contributed by atoms with Crippen molar-refractivity contribution in [2.45, 2.75) is 25.7 Å². The van der Waals surface area contributed by atoms with Gasteiger partial charge < -0.3 is 4.74 Å². The van der Waals surface area contributed by atoms with E-state index < -0.39 is 11.6 Å². The molecule has 2 rings (SSSR count). The molecule has 0 aliphatic heterocycles. The van der Waals surface area contributed by atoms with Gasteiger partial charge in [0.2, 0.25) is 0 Å². The predicted octanol–water partition coefficient (Wildman–Crippen LogP) is 3.33. The van der Waals surface area contributed by atoms with Gasteiger partial charge in [-0.05, 0) is 18.8 Å². The van der Waals surface area contributed by atoms with E-state index in [9.17, 15) is 8.78 Å². The number of benzene rings is 1. The van der Waals surface area contributed by atoms with Crippen molar-refractivity contribution in [2.24, 2.45) is 5.92 Å². The van der Waals surface area contributed by atoms with Gasteiger partial charge in [0.1, 0.15) is 17.4 Å². The largest absolute Gasteiger partial charge is 0.492 e. The number of rotatable bonds is 3. The Labute approximate surface area is 88.1 Å². The molecule has 1 radical (unpaired) electrons. The lowest BCUT2D eigenvalue weighted by molar-refractivity contribution is 0.249. The summed E-state index contributed by atoms with van der Waals surface area (Å²) < 4.78 is 30.9. The summed E-state index contributed by atoms with van der Waals surface area (Å²) >= 11 is 0. The monoisotopic (exact) mass is 211 g/mol. The Bertz CT molecular complexity index is 312. The van der Waals surface area contributed by atoms with E-state index in [0.717, 1.165) is 25.0 Å². The van der Waals surface area contributed by atoms with Gasteiger partial charge in [0.25, 0.3) is 0 Å². The Morgan fingerprint density at radius 3 is 2.67 bits per heavy atom. The van der Waals surface area contributed by atoms with Crippen molar-refractivity contribution in [1.82, 2.24) is 0 Å². The maximum atomic E-state index is 12.8. The summed E-state index contributed by atoms with van der Waals surface area (Å²) in [6.45, 7) is 0.541. The first-order chi connectivity index (χ1) is 7.24. The first kappa shape index (κ1) is 10.4. The second-order valence-electron chi connectivity index (χ2n) is 3.97. The Hall–Kier alpha value is -1.12. The molecule has 81 valence electrons. The molecule has 1 aromatic carbocycles.